The molecule has 0 heterocycles. The SMILES string of the molecule is C#CCOCC(O[Si](C)(C)C(C)(C)C)C(=C=C)OCc1ccc(OC)cc1. The van der Waals surface area contributed by atoms with E-state index in [-0.39, 0.29) is 11.6 Å². The highest BCUT2D eigenvalue weighted by atomic mass is 28.4. The molecule has 1 rings (SSSR count). The topological polar surface area (TPSA) is 36.9 Å². The molecule has 1 atom stereocenters. The summed E-state index contributed by atoms with van der Waals surface area (Å²) in [5.41, 5.74) is 3.89. The van der Waals surface area contributed by atoms with Gasteiger partial charge in [-0.25, -0.2) is 0 Å². The average Bonchev–Trinajstić information content (AvgIpc) is 2.61. The highest BCUT2D eigenvalue weighted by molar-refractivity contribution is 6.74. The van der Waals surface area contributed by atoms with Gasteiger partial charge in [-0.2, -0.15) is 0 Å². The zero-order valence-corrected chi connectivity index (χ0v) is 18.4. The Labute approximate surface area is 165 Å². The first kappa shape index (κ1) is 23.1. The minimum absolute atomic E-state index is 0.0552. The lowest BCUT2D eigenvalue weighted by molar-refractivity contribution is 0.0337. The second-order valence-electron chi connectivity index (χ2n) is 7.76. The van der Waals surface area contributed by atoms with Crippen LogP contribution in [0.5, 0.6) is 5.75 Å². The Morgan fingerprint density at radius 2 is 1.85 bits per heavy atom. The summed E-state index contributed by atoms with van der Waals surface area (Å²) in [7, 11) is -0.403. The second-order valence-corrected chi connectivity index (χ2v) is 12.5. The highest BCUT2D eigenvalue weighted by Gasteiger charge is 2.40. The van der Waals surface area contributed by atoms with E-state index in [2.05, 4.69) is 52.1 Å². The van der Waals surface area contributed by atoms with E-state index < -0.39 is 14.4 Å². The molecule has 1 unspecified atom stereocenters. The molecule has 1 aromatic rings. The van der Waals surface area contributed by atoms with Crippen molar-refractivity contribution in [3.05, 3.63) is 47.9 Å². The monoisotopic (exact) mass is 388 g/mol. The maximum atomic E-state index is 6.49. The van der Waals surface area contributed by atoms with E-state index in [1.165, 1.54) is 0 Å². The summed E-state index contributed by atoms with van der Waals surface area (Å²) in [6, 6.07) is 7.71. The fraction of sp³-hybridized carbons (Fsp3) is 0.500. The van der Waals surface area contributed by atoms with Crippen LogP contribution in [0.15, 0.2) is 42.3 Å². The summed E-state index contributed by atoms with van der Waals surface area (Å²) in [5, 5.41) is 0.0552. The van der Waals surface area contributed by atoms with Crippen LogP contribution in [0.3, 0.4) is 0 Å². The smallest absolute Gasteiger partial charge is 0.193 e. The van der Waals surface area contributed by atoms with Crippen LogP contribution < -0.4 is 4.74 Å². The molecule has 0 spiro atoms. The van der Waals surface area contributed by atoms with Crippen LogP contribution in [0.2, 0.25) is 18.1 Å². The van der Waals surface area contributed by atoms with Gasteiger partial charge in [0.2, 0.25) is 0 Å². The standard InChI is InChI=1S/C22H32O4Si/c1-9-15-24-17-21(26-27(7,8)22(3,4)5)20(10-2)25-16-18-11-13-19(23-6)14-12-18/h1,11-14,21H,2,15-17H2,3-8H3. The maximum absolute atomic E-state index is 6.49. The molecule has 0 amide bonds. The molecule has 148 valence electrons. The molecule has 27 heavy (non-hydrogen) atoms. The van der Waals surface area contributed by atoms with Crippen LogP contribution in [0.25, 0.3) is 0 Å². The molecule has 0 fully saturated rings. The Morgan fingerprint density at radius 1 is 1.22 bits per heavy atom. The van der Waals surface area contributed by atoms with Crippen LogP contribution in [-0.2, 0) is 20.5 Å². The zero-order valence-electron chi connectivity index (χ0n) is 17.4. The highest BCUT2D eigenvalue weighted by Crippen LogP contribution is 2.38. The predicted molar refractivity (Wildman–Crippen MR) is 112 cm³/mol. The third-order valence-electron chi connectivity index (χ3n) is 4.72. The molecule has 4 nitrogen and oxygen atoms in total. The molecule has 1 aromatic carbocycles. The van der Waals surface area contributed by atoms with E-state index in [4.69, 9.17) is 25.1 Å². The molecule has 0 saturated carbocycles. The number of methoxy groups -OCH3 is 1. The molecule has 0 bridgehead atoms. The lowest BCUT2D eigenvalue weighted by Crippen LogP contribution is -2.45. The molecule has 0 saturated heterocycles. The predicted octanol–water partition coefficient (Wildman–Crippen LogP) is 4.92. The lowest BCUT2D eigenvalue weighted by Gasteiger charge is -2.39. The van der Waals surface area contributed by atoms with Gasteiger partial charge in [0.15, 0.2) is 14.1 Å². The Morgan fingerprint density at radius 3 is 2.33 bits per heavy atom. The number of hydrogen-bond donors (Lipinski definition) is 0. The molecule has 0 aromatic heterocycles. The van der Waals surface area contributed by atoms with Crippen LogP contribution in [-0.4, -0.2) is 34.7 Å². The molecular formula is C22H32O4Si. The van der Waals surface area contributed by atoms with Crippen molar-refractivity contribution in [3.63, 3.8) is 0 Å². The van der Waals surface area contributed by atoms with E-state index >= 15 is 0 Å². The van der Waals surface area contributed by atoms with Crippen molar-refractivity contribution in [2.75, 3.05) is 20.3 Å². The van der Waals surface area contributed by atoms with Gasteiger partial charge >= 0.3 is 0 Å². The van der Waals surface area contributed by atoms with Crippen molar-refractivity contribution in [2.45, 2.75) is 51.6 Å². The molecule has 0 aliphatic heterocycles. The number of terminal acetylenes is 1. The third kappa shape index (κ3) is 7.28. The van der Waals surface area contributed by atoms with Gasteiger partial charge in [0.05, 0.1) is 13.7 Å². The Bertz CT molecular complexity index is 674. The first-order valence-corrected chi connectivity index (χ1v) is 11.9. The summed E-state index contributed by atoms with van der Waals surface area (Å²) in [4.78, 5) is 0. The fourth-order valence-electron chi connectivity index (χ4n) is 2.06. The van der Waals surface area contributed by atoms with Crippen LogP contribution >= 0.6 is 0 Å². The lowest BCUT2D eigenvalue weighted by atomic mass is 10.2. The third-order valence-corrected chi connectivity index (χ3v) is 9.20. The Kier molecular flexibility index (Phi) is 8.88. The average molecular weight is 389 g/mol. The molecule has 5 heteroatoms. The minimum atomic E-state index is -2.04. The normalized spacial score (nSPS) is 12.6. The summed E-state index contributed by atoms with van der Waals surface area (Å²) in [6.45, 7) is 15.6. The molecule has 0 aliphatic rings. The maximum Gasteiger partial charge on any atom is 0.193 e. The van der Waals surface area contributed by atoms with Gasteiger partial charge in [-0.05, 0) is 35.8 Å². The van der Waals surface area contributed by atoms with Gasteiger partial charge in [-0.3, -0.25) is 0 Å². The quantitative estimate of drug-likeness (QED) is 0.187. The van der Waals surface area contributed by atoms with E-state index in [1.54, 1.807) is 7.11 Å². The number of hydrogen-bond acceptors (Lipinski definition) is 4. The largest absolute Gasteiger partial charge is 0.497 e. The summed E-state index contributed by atoms with van der Waals surface area (Å²) < 4.78 is 23.2. The van der Waals surface area contributed by atoms with Crippen LogP contribution in [0.1, 0.15) is 26.3 Å². The van der Waals surface area contributed by atoms with Gasteiger partial charge < -0.3 is 18.6 Å². The Balaban J connectivity index is 2.88. The number of rotatable bonds is 10. The minimum Gasteiger partial charge on any atom is -0.497 e. The van der Waals surface area contributed by atoms with Crippen LogP contribution in [0, 0.1) is 12.3 Å². The van der Waals surface area contributed by atoms with Gasteiger partial charge in [0.25, 0.3) is 0 Å². The van der Waals surface area contributed by atoms with Gasteiger partial charge in [-0.15, -0.1) is 6.42 Å². The van der Waals surface area contributed by atoms with Gasteiger partial charge in [0, 0.05) is 0 Å². The van der Waals surface area contributed by atoms with E-state index in [0.29, 0.717) is 19.0 Å². The molecule has 0 radical (unpaired) electrons. The van der Waals surface area contributed by atoms with Crippen molar-refractivity contribution in [1.82, 2.24) is 0 Å². The van der Waals surface area contributed by atoms with Crippen molar-refractivity contribution < 1.29 is 18.6 Å². The number of ether oxygens (including phenoxy) is 3. The summed E-state index contributed by atoms with van der Waals surface area (Å²) in [6.07, 6.45) is 4.90. The van der Waals surface area contributed by atoms with Crippen LogP contribution in [0.4, 0.5) is 0 Å². The van der Waals surface area contributed by atoms with Crippen molar-refractivity contribution in [2.24, 2.45) is 0 Å². The van der Waals surface area contributed by atoms with Gasteiger partial charge in [-0.1, -0.05) is 51.1 Å². The van der Waals surface area contributed by atoms with Crippen molar-refractivity contribution in [3.8, 4) is 18.1 Å². The molecule has 0 aliphatic carbocycles. The first-order valence-electron chi connectivity index (χ1n) is 8.99. The second kappa shape index (κ2) is 10.4. The molecular weight excluding hydrogens is 356 g/mol. The summed E-state index contributed by atoms with van der Waals surface area (Å²) in [5.74, 6) is 3.82. The Hall–Kier alpha value is -1.96. The zero-order chi connectivity index (χ0) is 20.5. The fourth-order valence-corrected chi connectivity index (χ4v) is 3.30. The van der Waals surface area contributed by atoms with Crippen molar-refractivity contribution >= 4 is 8.32 Å². The van der Waals surface area contributed by atoms with Crippen molar-refractivity contribution in [1.29, 1.82) is 0 Å². The van der Waals surface area contributed by atoms with E-state index in [1.807, 2.05) is 24.3 Å². The van der Waals surface area contributed by atoms with E-state index in [0.717, 1.165) is 11.3 Å². The van der Waals surface area contributed by atoms with Gasteiger partial charge in [0.1, 0.15) is 25.1 Å². The summed E-state index contributed by atoms with van der Waals surface area (Å²) >= 11 is 0. The van der Waals surface area contributed by atoms with E-state index in [9.17, 15) is 0 Å². The number of benzene rings is 1. The molecule has 0 N–H and O–H groups in total. The first-order chi connectivity index (χ1) is 12.6.